The molecule has 1 aliphatic rings. The van der Waals surface area contributed by atoms with Crippen molar-refractivity contribution in [3.05, 3.63) is 0 Å². The van der Waals surface area contributed by atoms with Gasteiger partial charge in [-0.1, -0.05) is 27.7 Å². The highest BCUT2D eigenvalue weighted by Gasteiger charge is 2.39. The number of ketones is 1. The van der Waals surface area contributed by atoms with E-state index in [-0.39, 0.29) is 11.5 Å². The van der Waals surface area contributed by atoms with E-state index in [1.165, 1.54) is 0 Å². The topological polar surface area (TPSA) is 20.3 Å². The smallest absolute Gasteiger partial charge is 0.155 e. The molecule has 0 amide bonds. The molecule has 0 spiro atoms. The van der Waals surface area contributed by atoms with E-state index in [1.807, 2.05) is 0 Å². The first-order valence-corrected chi connectivity index (χ1v) is 5.31. The Hall–Kier alpha value is -0.370. The van der Waals surface area contributed by atoms with Gasteiger partial charge >= 0.3 is 0 Å². The van der Waals surface area contributed by atoms with Crippen LogP contribution in [0.15, 0.2) is 0 Å². The molecular weight excluding hydrogens is 162 g/mol. The van der Waals surface area contributed by atoms with Gasteiger partial charge in [-0.3, -0.25) is 9.69 Å². The molecule has 1 rings (SSSR count). The van der Waals surface area contributed by atoms with Gasteiger partial charge in [0.2, 0.25) is 0 Å². The molecule has 13 heavy (non-hydrogen) atoms. The summed E-state index contributed by atoms with van der Waals surface area (Å²) in [5.74, 6) is 0.433. The van der Waals surface area contributed by atoms with Gasteiger partial charge in [-0.25, -0.2) is 0 Å². The third kappa shape index (κ3) is 1.93. The Bertz CT molecular complexity index is 198. The summed E-state index contributed by atoms with van der Waals surface area (Å²) < 4.78 is 0. The summed E-state index contributed by atoms with van der Waals surface area (Å²) in [6, 6.07) is 0.175. The number of piperidine rings is 1. The lowest BCUT2D eigenvalue weighted by molar-refractivity contribution is -0.137. The molecule has 0 unspecified atom stereocenters. The zero-order valence-corrected chi connectivity index (χ0v) is 9.26. The summed E-state index contributed by atoms with van der Waals surface area (Å²) in [6.45, 7) is 10.5. The third-order valence-corrected chi connectivity index (χ3v) is 3.23. The van der Waals surface area contributed by atoms with E-state index < -0.39 is 0 Å². The molecule has 0 bridgehead atoms. The monoisotopic (exact) mass is 183 g/mol. The number of carbonyl (C=O) groups is 1. The van der Waals surface area contributed by atoms with Crippen molar-refractivity contribution in [1.29, 1.82) is 0 Å². The highest BCUT2D eigenvalue weighted by atomic mass is 16.1. The predicted molar refractivity (Wildman–Crippen MR) is 54.7 cm³/mol. The minimum atomic E-state index is -0.0909. The minimum Gasteiger partial charge on any atom is -0.297 e. The van der Waals surface area contributed by atoms with Crippen LogP contribution in [0.1, 0.15) is 40.5 Å². The second-order valence-corrected chi connectivity index (χ2v) is 4.55. The van der Waals surface area contributed by atoms with E-state index in [1.54, 1.807) is 0 Å². The maximum Gasteiger partial charge on any atom is 0.155 e. The van der Waals surface area contributed by atoms with Crippen LogP contribution in [0.4, 0.5) is 0 Å². The number of rotatable bonds is 2. The molecule has 1 atom stereocenters. The Morgan fingerprint density at radius 2 is 2.08 bits per heavy atom. The molecule has 2 heteroatoms. The number of Topliss-reactive ketones (excluding diaryl/α,β-unsaturated/α-hetero) is 1. The maximum absolute atomic E-state index is 12.0. The van der Waals surface area contributed by atoms with Crippen molar-refractivity contribution >= 4 is 5.78 Å². The van der Waals surface area contributed by atoms with Crippen LogP contribution in [0.2, 0.25) is 0 Å². The quantitative estimate of drug-likeness (QED) is 0.653. The molecule has 1 saturated heterocycles. The SMILES string of the molecule is CC[C@H]1C(=O)C(C)(C)CCN1CC. The number of likely N-dealkylation sites (N-methyl/N-ethyl adjacent to an activating group) is 1. The van der Waals surface area contributed by atoms with Crippen molar-refractivity contribution in [1.82, 2.24) is 4.90 Å². The maximum atomic E-state index is 12.0. The van der Waals surface area contributed by atoms with E-state index in [0.29, 0.717) is 5.78 Å². The molecule has 0 aromatic heterocycles. The van der Waals surface area contributed by atoms with E-state index in [0.717, 1.165) is 25.9 Å². The van der Waals surface area contributed by atoms with Crippen molar-refractivity contribution in [3.8, 4) is 0 Å². The average molecular weight is 183 g/mol. The van der Waals surface area contributed by atoms with Gasteiger partial charge in [0.25, 0.3) is 0 Å². The molecule has 76 valence electrons. The fraction of sp³-hybridized carbons (Fsp3) is 0.909. The third-order valence-electron chi connectivity index (χ3n) is 3.23. The van der Waals surface area contributed by atoms with E-state index in [4.69, 9.17) is 0 Å². The lowest BCUT2D eigenvalue weighted by Crippen LogP contribution is -2.52. The lowest BCUT2D eigenvalue weighted by Gasteiger charge is -2.41. The molecule has 0 saturated carbocycles. The molecule has 0 aliphatic carbocycles. The molecule has 0 N–H and O–H groups in total. The van der Waals surface area contributed by atoms with Crippen LogP contribution in [0.5, 0.6) is 0 Å². The van der Waals surface area contributed by atoms with Gasteiger partial charge in [0.1, 0.15) is 0 Å². The van der Waals surface area contributed by atoms with Gasteiger partial charge in [-0.15, -0.1) is 0 Å². The number of hydrogen-bond acceptors (Lipinski definition) is 2. The normalized spacial score (nSPS) is 29.2. The van der Waals surface area contributed by atoms with E-state index >= 15 is 0 Å². The van der Waals surface area contributed by atoms with Gasteiger partial charge in [0.15, 0.2) is 5.78 Å². The van der Waals surface area contributed by atoms with Crippen LogP contribution >= 0.6 is 0 Å². The highest BCUT2D eigenvalue weighted by molar-refractivity contribution is 5.89. The summed E-state index contributed by atoms with van der Waals surface area (Å²) in [6.07, 6.45) is 1.96. The van der Waals surface area contributed by atoms with E-state index in [9.17, 15) is 4.79 Å². The second-order valence-electron chi connectivity index (χ2n) is 4.55. The zero-order valence-electron chi connectivity index (χ0n) is 9.26. The van der Waals surface area contributed by atoms with Gasteiger partial charge in [-0.05, 0) is 25.9 Å². The number of carbonyl (C=O) groups excluding carboxylic acids is 1. The Balaban J connectivity index is 2.78. The molecule has 1 fully saturated rings. The number of nitrogens with zero attached hydrogens (tertiary/aromatic N) is 1. The molecule has 1 heterocycles. The van der Waals surface area contributed by atoms with Crippen LogP contribution in [0, 0.1) is 5.41 Å². The molecule has 0 aromatic carbocycles. The first-order chi connectivity index (χ1) is 6.03. The van der Waals surface area contributed by atoms with Crippen molar-refractivity contribution in [2.75, 3.05) is 13.1 Å². The fourth-order valence-corrected chi connectivity index (χ4v) is 2.14. The second kappa shape index (κ2) is 3.79. The van der Waals surface area contributed by atoms with Crippen LogP contribution in [-0.2, 0) is 4.79 Å². The summed E-state index contributed by atoms with van der Waals surface area (Å²) >= 11 is 0. The first-order valence-electron chi connectivity index (χ1n) is 5.31. The van der Waals surface area contributed by atoms with Gasteiger partial charge in [0.05, 0.1) is 6.04 Å². The number of likely N-dealkylation sites (tertiary alicyclic amines) is 1. The van der Waals surface area contributed by atoms with Gasteiger partial charge in [-0.2, -0.15) is 0 Å². The Morgan fingerprint density at radius 3 is 2.54 bits per heavy atom. The van der Waals surface area contributed by atoms with Gasteiger partial charge < -0.3 is 0 Å². The van der Waals surface area contributed by atoms with Crippen molar-refractivity contribution in [2.24, 2.45) is 5.41 Å². The average Bonchev–Trinajstić information content (AvgIpc) is 2.09. The van der Waals surface area contributed by atoms with Crippen LogP contribution < -0.4 is 0 Å². The van der Waals surface area contributed by atoms with Crippen LogP contribution in [-0.4, -0.2) is 29.8 Å². The standard InChI is InChI=1S/C11H21NO/c1-5-9-10(13)11(3,4)7-8-12(9)6-2/h9H,5-8H2,1-4H3/t9-/m0/s1. The van der Waals surface area contributed by atoms with E-state index in [2.05, 4.69) is 32.6 Å². The molecule has 1 aliphatic heterocycles. The summed E-state index contributed by atoms with van der Waals surface area (Å²) in [4.78, 5) is 14.3. The minimum absolute atomic E-state index is 0.0909. The first kappa shape index (κ1) is 10.7. The number of hydrogen-bond donors (Lipinski definition) is 0. The largest absolute Gasteiger partial charge is 0.297 e. The van der Waals surface area contributed by atoms with Crippen molar-refractivity contribution in [2.45, 2.75) is 46.6 Å². The molecular formula is C11H21NO. The predicted octanol–water partition coefficient (Wildman–Crippen LogP) is 2.09. The van der Waals surface area contributed by atoms with Crippen molar-refractivity contribution < 1.29 is 4.79 Å². The zero-order chi connectivity index (χ0) is 10.1. The molecule has 2 nitrogen and oxygen atoms in total. The highest BCUT2D eigenvalue weighted by Crippen LogP contribution is 2.31. The fourth-order valence-electron chi connectivity index (χ4n) is 2.14. The molecule has 0 aromatic rings. The summed E-state index contributed by atoms with van der Waals surface area (Å²) in [7, 11) is 0. The van der Waals surface area contributed by atoms with Crippen LogP contribution in [0.3, 0.4) is 0 Å². The summed E-state index contributed by atoms with van der Waals surface area (Å²) in [5.41, 5.74) is -0.0909. The Kier molecular flexibility index (Phi) is 3.12. The van der Waals surface area contributed by atoms with Gasteiger partial charge in [0, 0.05) is 5.41 Å². The van der Waals surface area contributed by atoms with Crippen molar-refractivity contribution in [3.63, 3.8) is 0 Å². The Morgan fingerprint density at radius 1 is 1.46 bits per heavy atom. The van der Waals surface area contributed by atoms with Crippen LogP contribution in [0.25, 0.3) is 0 Å². The Labute approximate surface area is 81.3 Å². The molecule has 0 radical (unpaired) electrons. The summed E-state index contributed by atoms with van der Waals surface area (Å²) in [5, 5.41) is 0. The lowest BCUT2D eigenvalue weighted by atomic mass is 9.77.